The van der Waals surface area contributed by atoms with Crippen LogP contribution >= 0.6 is 0 Å². The van der Waals surface area contributed by atoms with Crippen molar-refractivity contribution >= 4 is 5.96 Å². The number of aliphatic imine (C=N–C) groups is 1. The zero-order valence-electron chi connectivity index (χ0n) is 14.8. The lowest BCUT2D eigenvalue weighted by atomic mass is 10.0. The van der Waals surface area contributed by atoms with Crippen LogP contribution in [0.15, 0.2) is 29.3 Å². The summed E-state index contributed by atoms with van der Waals surface area (Å²) in [6.07, 6.45) is -4.54. The SMILES string of the molecule is CC.CC(C)c1ccc(CNC(CCN=C(N)N)C(F)(F)F)cc1. The first kappa shape index (κ1) is 22.2. The molecule has 0 amide bonds. The summed E-state index contributed by atoms with van der Waals surface area (Å²) < 4.78 is 38.8. The molecule has 0 aliphatic heterocycles. The predicted molar refractivity (Wildman–Crippen MR) is 93.9 cm³/mol. The van der Waals surface area contributed by atoms with Crippen molar-refractivity contribution in [2.24, 2.45) is 16.5 Å². The molecule has 0 heterocycles. The summed E-state index contributed by atoms with van der Waals surface area (Å²) in [5.74, 6) is 0.190. The number of hydrogen-bond donors (Lipinski definition) is 3. The van der Waals surface area contributed by atoms with Crippen molar-refractivity contribution in [3.63, 3.8) is 0 Å². The second-order valence-electron chi connectivity index (χ2n) is 5.47. The van der Waals surface area contributed by atoms with E-state index in [1.807, 2.05) is 38.1 Å². The van der Waals surface area contributed by atoms with Crippen molar-refractivity contribution < 1.29 is 13.2 Å². The van der Waals surface area contributed by atoms with Crippen molar-refractivity contribution in [2.75, 3.05) is 6.54 Å². The maximum Gasteiger partial charge on any atom is 0.403 e. The Kier molecular flexibility index (Phi) is 10.1. The number of halogens is 3. The molecular formula is C17H29F3N4. The van der Waals surface area contributed by atoms with Gasteiger partial charge in [-0.3, -0.25) is 4.99 Å². The average Bonchev–Trinajstić information content (AvgIpc) is 2.51. The Hall–Kier alpha value is -1.76. The first-order valence-electron chi connectivity index (χ1n) is 8.14. The molecule has 1 aromatic carbocycles. The molecule has 1 aromatic rings. The van der Waals surface area contributed by atoms with E-state index in [9.17, 15) is 13.2 Å². The molecule has 0 saturated heterocycles. The van der Waals surface area contributed by atoms with Crippen LogP contribution in [0.25, 0.3) is 0 Å². The molecule has 0 radical (unpaired) electrons. The molecule has 0 spiro atoms. The summed E-state index contributed by atoms with van der Waals surface area (Å²) in [4.78, 5) is 3.60. The third kappa shape index (κ3) is 8.76. The zero-order chi connectivity index (χ0) is 18.8. The van der Waals surface area contributed by atoms with Crippen LogP contribution in [0, 0.1) is 0 Å². The molecule has 1 atom stereocenters. The second kappa shape index (κ2) is 10.9. The number of nitrogens with zero attached hydrogens (tertiary/aromatic N) is 1. The molecule has 138 valence electrons. The lowest BCUT2D eigenvalue weighted by molar-refractivity contribution is -0.157. The Labute approximate surface area is 142 Å². The molecule has 5 N–H and O–H groups in total. The van der Waals surface area contributed by atoms with Crippen LogP contribution < -0.4 is 16.8 Å². The topological polar surface area (TPSA) is 76.4 Å². The van der Waals surface area contributed by atoms with Gasteiger partial charge in [0.2, 0.25) is 0 Å². The van der Waals surface area contributed by atoms with Crippen molar-refractivity contribution in [3.05, 3.63) is 35.4 Å². The maximum absolute atomic E-state index is 12.9. The van der Waals surface area contributed by atoms with Gasteiger partial charge in [-0.05, 0) is 23.5 Å². The Morgan fingerprint density at radius 3 is 2.08 bits per heavy atom. The highest BCUT2D eigenvalue weighted by Gasteiger charge is 2.38. The number of nitrogens with one attached hydrogen (secondary N) is 1. The molecule has 24 heavy (non-hydrogen) atoms. The molecule has 7 heteroatoms. The number of benzene rings is 1. The molecular weight excluding hydrogens is 317 g/mol. The van der Waals surface area contributed by atoms with Crippen LogP contribution in [0.2, 0.25) is 0 Å². The molecule has 0 saturated carbocycles. The van der Waals surface area contributed by atoms with E-state index in [-0.39, 0.29) is 25.5 Å². The van der Waals surface area contributed by atoms with Crippen LogP contribution in [-0.4, -0.2) is 24.7 Å². The highest BCUT2D eigenvalue weighted by molar-refractivity contribution is 5.75. The number of alkyl halides is 3. The van der Waals surface area contributed by atoms with E-state index in [2.05, 4.69) is 24.2 Å². The fraction of sp³-hybridized carbons (Fsp3) is 0.588. The fourth-order valence-corrected chi connectivity index (χ4v) is 1.97. The summed E-state index contributed by atoms with van der Waals surface area (Å²) in [5.41, 5.74) is 12.2. The fourth-order valence-electron chi connectivity index (χ4n) is 1.97. The quantitative estimate of drug-likeness (QED) is 0.522. The van der Waals surface area contributed by atoms with Gasteiger partial charge in [-0.25, -0.2) is 0 Å². The molecule has 1 rings (SSSR count). The molecule has 0 bridgehead atoms. The molecule has 4 nitrogen and oxygen atoms in total. The number of nitrogens with two attached hydrogens (primary N) is 2. The minimum Gasteiger partial charge on any atom is -0.370 e. The summed E-state index contributed by atoms with van der Waals surface area (Å²) >= 11 is 0. The standard InChI is InChI=1S/C15H23F3N4.C2H6/c1-10(2)12-5-3-11(4-6-12)9-22-13(15(16,17)18)7-8-21-14(19)20;1-2/h3-6,10,13,22H,7-9H2,1-2H3,(H4,19,20,21);1-2H3. The Bertz CT molecular complexity index is 478. The maximum atomic E-state index is 12.9. The third-order valence-corrected chi connectivity index (χ3v) is 3.31. The Morgan fingerprint density at radius 1 is 1.12 bits per heavy atom. The van der Waals surface area contributed by atoms with Crippen molar-refractivity contribution in [2.45, 2.75) is 58.8 Å². The minimum absolute atomic E-state index is 0.0637. The number of hydrogen-bond acceptors (Lipinski definition) is 2. The normalized spacial score (nSPS) is 12.3. The van der Waals surface area contributed by atoms with Gasteiger partial charge in [0.05, 0.1) is 0 Å². The van der Waals surface area contributed by atoms with E-state index in [1.54, 1.807) is 0 Å². The summed E-state index contributed by atoms with van der Waals surface area (Å²) in [6, 6.07) is 5.91. The lowest BCUT2D eigenvalue weighted by Gasteiger charge is -2.21. The Balaban J connectivity index is 0.00000254. The minimum atomic E-state index is -4.34. The summed E-state index contributed by atoms with van der Waals surface area (Å²) in [7, 11) is 0. The Morgan fingerprint density at radius 2 is 1.67 bits per heavy atom. The van der Waals surface area contributed by atoms with Crippen LogP contribution in [0.5, 0.6) is 0 Å². The van der Waals surface area contributed by atoms with E-state index in [1.165, 1.54) is 0 Å². The van der Waals surface area contributed by atoms with E-state index in [0.717, 1.165) is 11.1 Å². The van der Waals surface area contributed by atoms with Crippen molar-refractivity contribution in [1.29, 1.82) is 0 Å². The summed E-state index contributed by atoms with van der Waals surface area (Å²) in [5, 5.41) is 2.52. The van der Waals surface area contributed by atoms with Crippen LogP contribution in [-0.2, 0) is 6.54 Å². The van der Waals surface area contributed by atoms with Crippen LogP contribution in [0.3, 0.4) is 0 Å². The predicted octanol–water partition coefficient (Wildman–Crippen LogP) is 3.52. The largest absolute Gasteiger partial charge is 0.403 e. The van der Waals surface area contributed by atoms with Gasteiger partial charge in [0.1, 0.15) is 6.04 Å². The van der Waals surface area contributed by atoms with E-state index in [0.29, 0.717) is 5.92 Å². The van der Waals surface area contributed by atoms with E-state index >= 15 is 0 Å². The van der Waals surface area contributed by atoms with Gasteiger partial charge in [0.15, 0.2) is 5.96 Å². The number of rotatable bonds is 7. The van der Waals surface area contributed by atoms with E-state index < -0.39 is 12.2 Å². The first-order valence-corrected chi connectivity index (χ1v) is 8.14. The van der Waals surface area contributed by atoms with Crippen LogP contribution in [0.4, 0.5) is 13.2 Å². The molecule has 1 unspecified atom stereocenters. The van der Waals surface area contributed by atoms with Crippen LogP contribution in [0.1, 0.15) is 51.2 Å². The average molecular weight is 346 g/mol. The molecule has 0 aliphatic rings. The second-order valence-corrected chi connectivity index (χ2v) is 5.47. The number of guanidine groups is 1. The van der Waals surface area contributed by atoms with Gasteiger partial charge in [0, 0.05) is 13.1 Å². The smallest absolute Gasteiger partial charge is 0.370 e. The van der Waals surface area contributed by atoms with E-state index in [4.69, 9.17) is 11.5 Å². The van der Waals surface area contributed by atoms with Crippen molar-refractivity contribution in [3.8, 4) is 0 Å². The highest BCUT2D eigenvalue weighted by atomic mass is 19.4. The lowest BCUT2D eigenvalue weighted by Crippen LogP contribution is -2.42. The highest BCUT2D eigenvalue weighted by Crippen LogP contribution is 2.23. The van der Waals surface area contributed by atoms with Gasteiger partial charge >= 0.3 is 6.18 Å². The molecule has 0 aliphatic carbocycles. The zero-order valence-corrected chi connectivity index (χ0v) is 14.8. The van der Waals surface area contributed by atoms with Gasteiger partial charge in [-0.2, -0.15) is 13.2 Å². The first-order chi connectivity index (χ1) is 11.2. The third-order valence-electron chi connectivity index (χ3n) is 3.31. The monoisotopic (exact) mass is 346 g/mol. The van der Waals surface area contributed by atoms with Gasteiger partial charge in [-0.1, -0.05) is 52.0 Å². The van der Waals surface area contributed by atoms with Gasteiger partial charge in [-0.15, -0.1) is 0 Å². The van der Waals surface area contributed by atoms with Crippen molar-refractivity contribution in [1.82, 2.24) is 5.32 Å². The van der Waals surface area contributed by atoms with Gasteiger partial charge in [0.25, 0.3) is 0 Å². The summed E-state index contributed by atoms with van der Waals surface area (Å²) in [6.45, 7) is 8.21. The molecule has 0 fully saturated rings. The molecule has 0 aromatic heterocycles. The van der Waals surface area contributed by atoms with Gasteiger partial charge < -0.3 is 16.8 Å².